The Labute approximate surface area is 172 Å². The summed E-state index contributed by atoms with van der Waals surface area (Å²) in [6.45, 7) is 4.69. The summed E-state index contributed by atoms with van der Waals surface area (Å²) in [6.07, 6.45) is 5.72. The third-order valence-corrected chi connectivity index (χ3v) is 5.32. The van der Waals surface area contributed by atoms with Crippen molar-refractivity contribution in [3.05, 3.63) is 84.2 Å². The molecule has 0 N–H and O–H groups in total. The Morgan fingerprint density at radius 2 is 1.69 bits per heavy atom. The van der Waals surface area contributed by atoms with Crippen LogP contribution in [0.3, 0.4) is 0 Å². The number of benzene rings is 2. The van der Waals surface area contributed by atoms with Crippen molar-refractivity contribution in [1.29, 1.82) is 0 Å². The predicted molar refractivity (Wildman–Crippen MR) is 116 cm³/mol. The largest absolute Gasteiger partial charge is 0.341 e. The first kappa shape index (κ1) is 19.1. The quantitative estimate of drug-likeness (QED) is 0.645. The molecule has 1 fully saturated rings. The van der Waals surface area contributed by atoms with Crippen LogP contribution in [-0.2, 0) is 6.54 Å². The minimum Gasteiger partial charge on any atom is -0.341 e. The highest BCUT2D eigenvalue weighted by Crippen LogP contribution is 2.22. The van der Waals surface area contributed by atoms with Gasteiger partial charge in [-0.15, -0.1) is 0 Å². The lowest BCUT2D eigenvalue weighted by Gasteiger charge is -2.30. The summed E-state index contributed by atoms with van der Waals surface area (Å²) < 4.78 is 0. The summed E-state index contributed by atoms with van der Waals surface area (Å²) in [5.41, 5.74) is 2.43. The highest BCUT2D eigenvalue weighted by atomic mass is 16.2. The number of amides is 1. The van der Waals surface area contributed by atoms with E-state index >= 15 is 0 Å². The molecule has 29 heavy (non-hydrogen) atoms. The van der Waals surface area contributed by atoms with E-state index in [1.165, 1.54) is 6.42 Å². The van der Waals surface area contributed by atoms with Gasteiger partial charge in [0.05, 0.1) is 12.1 Å². The van der Waals surface area contributed by atoms with Crippen molar-refractivity contribution in [3.8, 4) is 0 Å². The molecule has 1 saturated heterocycles. The van der Waals surface area contributed by atoms with E-state index in [0.717, 1.165) is 30.8 Å². The molecule has 1 aromatic heterocycles. The molecule has 3 aromatic rings. The van der Waals surface area contributed by atoms with Gasteiger partial charge in [0.15, 0.2) is 0 Å². The number of hydrogen-bond donors (Lipinski definition) is 0. The predicted octanol–water partition coefficient (Wildman–Crippen LogP) is 4.56. The Balaban J connectivity index is 1.57. The molecule has 1 aliphatic rings. The fraction of sp³-hybridized carbons (Fsp3) is 0.292. The lowest BCUT2D eigenvalue weighted by atomic mass is 10.0. The van der Waals surface area contributed by atoms with Gasteiger partial charge in [0, 0.05) is 31.2 Å². The number of nitrogens with zero attached hydrogens (tertiary/aromatic N) is 4. The molecule has 1 unspecified atom stereocenters. The normalized spacial score (nSPS) is 16.4. The van der Waals surface area contributed by atoms with Crippen LogP contribution in [0.15, 0.2) is 73.1 Å². The van der Waals surface area contributed by atoms with Crippen molar-refractivity contribution in [1.82, 2.24) is 9.97 Å². The van der Waals surface area contributed by atoms with Crippen LogP contribution in [0.25, 0.3) is 0 Å². The van der Waals surface area contributed by atoms with Crippen molar-refractivity contribution < 1.29 is 4.79 Å². The molecule has 2 aromatic carbocycles. The molecule has 5 heteroatoms. The molecule has 1 amide bonds. The molecular formula is C24H26N4O. The van der Waals surface area contributed by atoms with E-state index in [1.54, 1.807) is 17.3 Å². The molecule has 0 bridgehead atoms. The van der Waals surface area contributed by atoms with Crippen molar-refractivity contribution in [2.45, 2.75) is 26.3 Å². The Kier molecular flexibility index (Phi) is 5.84. The van der Waals surface area contributed by atoms with E-state index in [-0.39, 0.29) is 5.91 Å². The topological polar surface area (TPSA) is 49.3 Å². The Morgan fingerprint density at radius 3 is 2.34 bits per heavy atom. The van der Waals surface area contributed by atoms with Crippen LogP contribution in [0.2, 0.25) is 0 Å². The lowest BCUT2D eigenvalue weighted by molar-refractivity contribution is 0.0984. The highest BCUT2D eigenvalue weighted by molar-refractivity contribution is 6.05. The van der Waals surface area contributed by atoms with Crippen LogP contribution in [0.1, 0.15) is 35.7 Å². The molecule has 148 valence electrons. The molecule has 4 rings (SSSR count). The summed E-state index contributed by atoms with van der Waals surface area (Å²) in [7, 11) is 0. The maximum Gasteiger partial charge on any atom is 0.261 e. The monoisotopic (exact) mass is 386 g/mol. The third-order valence-electron chi connectivity index (χ3n) is 5.32. The number of para-hydroxylation sites is 1. The van der Waals surface area contributed by atoms with Gasteiger partial charge in [-0.05, 0) is 36.5 Å². The number of anilines is 2. The number of carbonyl (C=O) groups excluding carboxylic acids is 1. The number of rotatable bonds is 5. The first-order valence-corrected chi connectivity index (χ1v) is 10.2. The van der Waals surface area contributed by atoms with E-state index in [9.17, 15) is 4.79 Å². The first-order valence-electron chi connectivity index (χ1n) is 10.2. The van der Waals surface area contributed by atoms with Crippen molar-refractivity contribution in [2.75, 3.05) is 22.9 Å². The second-order valence-corrected chi connectivity index (χ2v) is 7.68. The van der Waals surface area contributed by atoms with E-state index in [0.29, 0.717) is 24.0 Å². The van der Waals surface area contributed by atoms with Crippen molar-refractivity contribution in [2.24, 2.45) is 5.92 Å². The van der Waals surface area contributed by atoms with Crippen LogP contribution in [-0.4, -0.2) is 29.0 Å². The van der Waals surface area contributed by atoms with Gasteiger partial charge in [-0.25, -0.2) is 9.97 Å². The van der Waals surface area contributed by atoms with Gasteiger partial charge in [0.2, 0.25) is 5.95 Å². The lowest BCUT2D eigenvalue weighted by Crippen LogP contribution is -2.35. The molecule has 1 atom stereocenters. The second kappa shape index (κ2) is 8.86. The van der Waals surface area contributed by atoms with Crippen LogP contribution in [0.5, 0.6) is 0 Å². The number of aromatic nitrogens is 2. The standard InChI is InChI=1S/C24H26N4O/c1-19-9-8-14-27(17-19)24-25-15-21(16-26-24)23(29)28(22-12-6-3-7-13-22)18-20-10-4-2-5-11-20/h2-7,10-13,15-16,19H,8-9,14,17-18H2,1H3. The van der Waals surface area contributed by atoms with Crippen LogP contribution >= 0.6 is 0 Å². The van der Waals surface area contributed by atoms with Crippen molar-refractivity contribution in [3.63, 3.8) is 0 Å². The second-order valence-electron chi connectivity index (χ2n) is 7.68. The minimum absolute atomic E-state index is 0.0985. The average Bonchev–Trinajstić information content (AvgIpc) is 2.78. The van der Waals surface area contributed by atoms with E-state index in [2.05, 4.69) is 21.8 Å². The molecule has 2 heterocycles. The average molecular weight is 386 g/mol. The van der Waals surface area contributed by atoms with E-state index < -0.39 is 0 Å². The summed E-state index contributed by atoms with van der Waals surface area (Å²) in [4.78, 5) is 26.3. The zero-order chi connectivity index (χ0) is 20.1. The summed E-state index contributed by atoms with van der Waals surface area (Å²) >= 11 is 0. The van der Waals surface area contributed by atoms with Gasteiger partial charge in [0.25, 0.3) is 5.91 Å². The molecular weight excluding hydrogens is 360 g/mol. The third kappa shape index (κ3) is 4.62. The number of hydrogen-bond acceptors (Lipinski definition) is 4. The molecule has 0 radical (unpaired) electrons. The summed E-state index contributed by atoms with van der Waals surface area (Å²) in [5, 5.41) is 0. The smallest absolute Gasteiger partial charge is 0.261 e. The number of piperidine rings is 1. The minimum atomic E-state index is -0.0985. The van der Waals surface area contributed by atoms with Gasteiger partial charge < -0.3 is 9.80 Å². The van der Waals surface area contributed by atoms with Crippen LogP contribution < -0.4 is 9.80 Å². The molecule has 0 spiro atoms. The van der Waals surface area contributed by atoms with Gasteiger partial charge >= 0.3 is 0 Å². The molecule has 5 nitrogen and oxygen atoms in total. The fourth-order valence-corrected chi connectivity index (χ4v) is 3.78. The van der Waals surface area contributed by atoms with E-state index in [1.807, 2.05) is 60.7 Å². The number of carbonyl (C=O) groups is 1. The first-order chi connectivity index (χ1) is 14.2. The zero-order valence-corrected chi connectivity index (χ0v) is 16.7. The van der Waals surface area contributed by atoms with E-state index in [4.69, 9.17) is 0 Å². The highest BCUT2D eigenvalue weighted by Gasteiger charge is 2.21. The molecule has 0 aliphatic carbocycles. The van der Waals surface area contributed by atoms with Crippen LogP contribution in [0.4, 0.5) is 11.6 Å². The van der Waals surface area contributed by atoms with Gasteiger partial charge in [0.1, 0.15) is 0 Å². The van der Waals surface area contributed by atoms with Gasteiger partial charge in [-0.3, -0.25) is 4.79 Å². The Morgan fingerprint density at radius 1 is 1.03 bits per heavy atom. The maximum atomic E-state index is 13.3. The summed E-state index contributed by atoms with van der Waals surface area (Å²) in [5.74, 6) is 1.26. The molecule has 0 saturated carbocycles. The van der Waals surface area contributed by atoms with Crippen molar-refractivity contribution >= 4 is 17.5 Å². The zero-order valence-electron chi connectivity index (χ0n) is 16.7. The van der Waals surface area contributed by atoms with Gasteiger partial charge in [-0.2, -0.15) is 0 Å². The Bertz CT molecular complexity index is 928. The van der Waals surface area contributed by atoms with Crippen LogP contribution in [0, 0.1) is 5.92 Å². The summed E-state index contributed by atoms with van der Waals surface area (Å²) in [6, 6.07) is 19.7. The fourth-order valence-electron chi connectivity index (χ4n) is 3.78. The molecule has 1 aliphatic heterocycles. The SMILES string of the molecule is CC1CCCN(c2ncc(C(=O)N(Cc3ccccc3)c3ccccc3)cn2)C1. The van der Waals surface area contributed by atoms with Gasteiger partial charge in [-0.1, -0.05) is 55.5 Å². The maximum absolute atomic E-state index is 13.3. The Hall–Kier alpha value is -3.21.